The van der Waals surface area contributed by atoms with Gasteiger partial charge in [-0.3, -0.25) is 4.79 Å². The Hall–Kier alpha value is -2.61. The second kappa shape index (κ2) is 8.63. The number of halogens is 2. The van der Waals surface area contributed by atoms with Crippen molar-refractivity contribution in [1.29, 1.82) is 0 Å². The smallest absolute Gasteiger partial charge is 0.258 e. The monoisotopic (exact) mass is 457 g/mol. The topological polar surface area (TPSA) is 97.5 Å². The van der Waals surface area contributed by atoms with Crippen molar-refractivity contribution in [2.75, 3.05) is 5.73 Å². The van der Waals surface area contributed by atoms with E-state index in [4.69, 9.17) is 28.9 Å². The fraction of sp³-hybridized carbons (Fsp3) is 0.143. The van der Waals surface area contributed by atoms with Crippen LogP contribution in [0.1, 0.15) is 18.4 Å². The molecule has 0 fully saturated rings. The van der Waals surface area contributed by atoms with Gasteiger partial charge in [0.05, 0.1) is 22.3 Å². The maximum absolute atomic E-state index is 12.3. The first-order chi connectivity index (χ1) is 14.4. The van der Waals surface area contributed by atoms with Gasteiger partial charge in [0, 0.05) is 15.6 Å². The van der Waals surface area contributed by atoms with Crippen LogP contribution in [0.3, 0.4) is 0 Å². The van der Waals surface area contributed by atoms with Gasteiger partial charge in [-0.05, 0) is 42.3 Å². The lowest BCUT2D eigenvalue weighted by Crippen LogP contribution is -2.11. The predicted octanol–water partition coefficient (Wildman–Crippen LogP) is 5.12. The summed E-state index contributed by atoms with van der Waals surface area (Å²) < 4.78 is 0. The zero-order chi connectivity index (χ0) is 21.3. The van der Waals surface area contributed by atoms with Gasteiger partial charge in [-0.15, -0.1) is 0 Å². The molecule has 2 heterocycles. The lowest BCUT2D eigenvalue weighted by Gasteiger charge is -2.12. The van der Waals surface area contributed by atoms with Gasteiger partial charge in [-0.1, -0.05) is 54.0 Å². The van der Waals surface area contributed by atoms with Gasteiger partial charge in [-0.25, -0.2) is 15.0 Å². The van der Waals surface area contributed by atoms with Crippen LogP contribution >= 0.6 is 35.0 Å². The number of thioether (sulfide) groups is 1. The number of anilines is 1. The number of hydrogen-bond acceptors (Lipinski definition) is 6. The predicted molar refractivity (Wildman–Crippen MR) is 123 cm³/mol. The molecule has 4 aromatic rings. The first-order valence-electron chi connectivity index (χ1n) is 9.18. The minimum absolute atomic E-state index is 0.208. The molecule has 0 saturated carbocycles. The molecule has 0 aliphatic carbocycles. The fourth-order valence-corrected chi connectivity index (χ4v) is 4.15. The Labute approximate surface area is 186 Å². The molecule has 0 bridgehead atoms. The van der Waals surface area contributed by atoms with Crippen molar-refractivity contribution >= 4 is 51.7 Å². The van der Waals surface area contributed by atoms with Crippen molar-refractivity contribution in [3.05, 3.63) is 74.4 Å². The molecule has 0 aliphatic heterocycles. The van der Waals surface area contributed by atoms with E-state index in [0.717, 1.165) is 16.8 Å². The lowest BCUT2D eigenvalue weighted by molar-refractivity contribution is 0.897. The van der Waals surface area contributed by atoms with Crippen molar-refractivity contribution in [1.82, 2.24) is 19.9 Å². The van der Waals surface area contributed by atoms with Gasteiger partial charge in [0.1, 0.15) is 11.6 Å². The van der Waals surface area contributed by atoms with E-state index in [-0.39, 0.29) is 5.56 Å². The Bertz CT molecular complexity index is 1290. The summed E-state index contributed by atoms with van der Waals surface area (Å²) in [5, 5.41) is 2.20. The number of H-pyrrole nitrogens is 1. The van der Waals surface area contributed by atoms with Crippen LogP contribution in [0.15, 0.2) is 52.4 Å². The van der Waals surface area contributed by atoms with Crippen molar-refractivity contribution < 1.29 is 0 Å². The molecular formula is C21H17Cl2N5OS. The number of nitrogens with one attached hydrogen (secondary N) is 1. The van der Waals surface area contributed by atoms with Crippen molar-refractivity contribution in [3.8, 4) is 11.1 Å². The number of nitrogens with two attached hydrogens (primary N) is 1. The highest BCUT2D eigenvalue weighted by Gasteiger charge is 2.14. The number of rotatable bonds is 5. The molecule has 30 heavy (non-hydrogen) atoms. The standard InChI is InChI=1S/C21H17Cl2N5OS/c1-2-15-18(11-3-5-12(22)6-4-11)19(24)28-21(26-15)30-10-17-25-16-9-13(23)7-8-14(16)20(29)27-17/h3-9H,2,10H2,1H3,(H2,24,26,28)(H,25,27,29). The first-order valence-corrected chi connectivity index (χ1v) is 10.9. The first kappa shape index (κ1) is 20.7. The van der Waals surface area contributed by atoms with E-state index in [1.807, 2.05) is 31.2 Å². The molecule has 4 rings (SSSR count). The van der Waals surface area contributed by atoms with Gasteiger partial charge in [-0.2, -0.15) is 0 Å². The fourth-order valence-electron chi connectivity index (χ4n) is 3.12. The number of hydrogen-bond donors (Lipinski definition) is 2. The molecule has 6 nitrogen and oxygen atoms in total. The quantitative estimate of drug-likeness (QED) is 0.318. The van der Waals surface area contributed by atoms with Crippen LogP contribution in [0, 0.1) is 0 Å². The Morgan fingerprint density at radius 2 is 1.77 bits per heavy atom. The number of fused-ring (bicyclic) bond motifs is 1. The summed E-state index contributed by atoms with van der Waals surface area (Å²) in [6.45, 7) is 2.02. The molecule has 152 valence electrons. The molecule has 0 unspecified atom stereocenters. The van der Waals surface area contributed by atoms with Crippen LogP contribution in [-0.2, 0) is 12.2 Å². The third-order valence-corrected chi connectivity index (χ3v) is 5.86. The average Bonchev–Trinajstić information content (AvgIpc) is 2.72. The van der Waals surface area contributed by atoms with E-state index in [9.17, 15) is 4.79 Å². The number of nitrogen functional groups attached to an aromatic ring is 1. The van der Waals surface area contributed by atoms with Crippen LogP contribution in [-0.4, -0.2) is 19.9 Å². The molecule has 0 amide bonds. The number of benzene rings is 2. The van der Waals surface area contributed by atoms with E-state index in [0.29, 0.717) is 49.9 Å². The van der Waals surface area contributed by atoms with Crippen LogP contribution in [0.25, 0.3) is 22.0 Å². The minimum atomic E-state index is -0.208. The van der Waals surface area contributed by atoms with E-state index >= 15 is 0 Å². The Kier molecular flexibility index (Phi) is 5.94. The molecule has 0 radical (unpaired) electrons. The molecular weight excluding hydrogens is 441 g/mol. The molecule has 0 spiro atoms. The molecule has 0 aliphatic rings. The van der Waals surface area contributed by atoms with Crippen molar-refractivity contribution in [3.63, 3.8) is 0 Å². The summed E-state index contributed by atoms with van der Waals surface area (Å²) in [5.74, 6) is 1.31. The summed E-state index contributed by atoms with van der Waals surface area (Å²) in [4.78, 5) is 28.7. The van der Waals surface area contributed by atoms with Crippen LogP contribution < -0.4 is 11.3 Å². The van der Waals surface area contributed by atoms with E-state index < -0.39 is 0 Å². The maximum Gasteiger partial charge on any atom is 0.258 e. The van der Waals surface area contributed by atoms with E-state index in [1.54, 1.807) is 18.2 Å². The zero-order valence-corrected chi connectivity index (χ0v) is 18.3. The van der Waals surface area contributed by atoms with E-state index in [2.05, 4.69) is 19.9 Å². The van der Waals surface area contributed by atoms with Gasteiger partial charge in [0.2, 0.25) is 0 Å². The van der Waals surface area contributed by atoms with Crippen molar-refractivity contribution in [2.45, 2.75) is 24.3 Å². The third kappa shape index (κ3) is 4.28. The zero-order valence-electron chi connectivity index (χ0n) is 15.9. The largest absolute Gasteiger partial charge is 0.383 e. The molecule has 2 aromatic heterocycles. The third-order valence-electron chi connectivity index (χ3n) is 4.51. The normalized spacial score (nSPS) is 11.2. The van der Waals surface area contributed by atoms with Gasteiger partial charge in [0.25, 0.3) is 5.56 Å². The van der Waals surface area contributed by atoms with Gasteiger partial charge >= 0.3 is 0 Å². The summed E-state index contributed by atoms with van der Waals surface area (Å²) >= 11 is 13.4. The SMILES string of the molecule is CCc1nc(SCc2nc3cc(Cl)ccc3c(=O)[nH]2)nc(N)c1-c1ccc(Cl)cc1. The van der Waals surface area contributed by atoms with Gasteiger partial charge < -0.3 is 10.7 Å². The minimum Gasteiger partial charge on any atom is -0.383 e. The van der Waals surface area contributed by atoms with Crippen molar-refractivity contribution in [2.24, 2.45) is 0 Å². The molecule has 0 atom stereocenters. The Morgan fingerprint density at radius 1 is 1.03 bits per heavy atom. The van der Waals surface area contributed by atoms with Crippen LogP contribution in [0.5, 0.6) is 0 Å². The molecule has 9 heteroatoms. The highest BCUT2D eigenvalue weighted by Crippen LogP contribution is 2.31. The van der Waals surface area contributed by atoms with Gasteiger partial charge in [0.15, 0.2) is 5.16 Å². The average molecular weight is 458 g/mol. The Morgan fingerprint density at radius 3 is 2.50 bits per heavy atom. The maximum atomic E-state index is 12.3. The second-order valence-corrected chi connectivity index (χ2v) is 8.35. The highest BCUT2D eigenvalue weighted by molar-refractivity contribution is 7.98. The summed E-state index contributed by atoms with van der Waals surface area (Å²) in [6, 6.07) is 12.4. The Balaban J connectivity index is 1.63. The number of aromatic nitrogens is 4. The number of nitrogens with zero attached hydrogens (tertiary/aromatic N) is 3. The number of aromatic amines is 1. The number of aryl methyl sites for hydroxylation is 1. The lowest BCUT2D eigenvalue weighted by atomic mass is 10.0. The summed E-state index contributed by atoms with van der Waals surface area (Å²) in [7, 11) is 0. The molecule has 2 aromatic carbocycles. The summed E-state index contributed by atoms with van der Waals surface area (Å²) in [6.07, 6.45) is 0.696. The van der Waals surface area contributed by atoms with Crippen LogP contribution in [0.2, 0.25) is 10.0 Å². The second-order valence-electron chi connectivity index (χ2n) is 6.54. The molecule has 0 saturated heterocycles. The summed E-state index contributed by atoms with van der Waals surface area (Å²) in [5.41, 5.74) is 9.18. The van der Waals surface area contributed by atoms with E-state index in [1.165, 1.54) is 11.8 Å². The molecule has 3 N–H and O–H groups in total. The van der Waals surface area contributed by atoms with Crippen LogP contribution in [0.4, 0.5) is 5.82 Å². The highest BCUT2D eigenvalue weighted by atomic mass is 35.5.